The van der Waals surface area contributed by atoms with E-state index < -0.39 is 43.2 Å². The second kappa shape index (κ2) is 6.49. The third kappa shape index (κ3) is 3.06. The highest BCUT2D eigenvalue weighted by Crippen LogP contribution is 2.30. The van der Waals surface area contributed by atoms with Crippen LogP contribution < -0.4 is 0 Å². The van der Waals surface area contributed by atoms with E-state index in [0.29, 0.717) is 11.1 Å². The Bertz CT molecular complexity index is 511. The van der Waals surface area contributed by atoms with Gasteiger partial charge in [0.05, 0.1) is 18.2 Å². The predicted molar refractivity (Wildman–Crippen MR) is 69.9 cm³/mol. The molecule has 1 aromatic carbocycles. The van der Waals surface area contributed by atoms with Crippen LogP contribution in [0.5, 0.6) is 0 Å². The van der Waals surface area contributed by atoms with Crippen molar-refractivity contribution in [1.29, 1.82) is 5.26 Å². The molecule has 0 bridgehead atoms. The van der Waals surface area contributed by atoms with Gasteiger partial charge in [-0.25, -0.2) is 0 Å². The molecule has 0 unspecified atom stereocenters. The Balaban J connectivity index is 2.20. The molecule has 1 saturated heterocycles. The number of nitriles is 1. The van der Waals surface area contributed by atoms with E-state index in [1.165, 1.54) is 24.3 Å². The summed E-state index contributed by atoms with van der Waals surface area (Å²) in [7, 11) is 0. The summed E-state index contributed by atoms with van der Waals surface area (Å²) in [4.78, 5) is 0. The van der Waals surface area contributed by atoms with E-state index in [1.807, 2.05) is 6.07 Å². The topological polar surface area (TPSA) is 134 Å². The Morgan fingerprint density at radius 3 is 2.24 bits per heavy atom. The Morgan fingerprint density at radius 1 is 1.10 bits per heavy atom. The minimum absolute atomic E-state index is 0.387. The van der Waals surface area contributed by atoms with Gasteiger partial charge in [0.15, 0.2) is 0 Å². The van der Waals surface area contributed by atoms with Crippen LogP contribution in [0.1, 0.15) is 17.2 Å². The number of hydrogen-bond acceptors (Lipinski definition) is 7. The second-order valence-electron chi connectivity index (χ2n) is 4.97. The number of nitrogens with zero attached hydrogens (tertiary/aromatic N) is 1. The van der Waals surface area contributed by atoms with E-state index in [2.05, 4.69) is 0 Å². The summed E-state index contributed by atoms with van der Waals surface area (Å²) in [6, 6.07) is 7.96. The normalized spacial score (nSPS) is 34.2. The molecular weight excluding hydrogens is 278 g/mol. The van der Waals surface area contributed by atoms with Gasteiger partial charge in [-0.15, -0.1) is 0 Å². The van der Waals surface area contributed by atoms with Crippen molar-refractivity contribution in [2.75, 3.05) is 6.61 Å². The van der Waals surface area contributed by atoms with E-state index in [4.69, 9.17) is 15.1 Å². The maximum absolute atomic E-state index is 10.3. The molecule has 1 fully saturated rings. The summed E-state index contributed by atoms with van der Waals surface area (Å²) in [5.74, 6) is 0. The molecule has 0 aliphatic carbocycles. The predicted octanol–water partition coefficient (Wildman–Crippen LogP) is -1.57. The van der Waals surface area contributed by atoms with Crippen molar-refractivity contribution in [2.24, 2.45) is 0 Å². The highest BCUT2D eigenvalue weighted by atomic mass is 16.6. The third-order valence-corrected chi connectivity index (χ3v) is 3.62. The molecule has 0 spiro atoms. The van der Waals surface area contributed by atoms with Gasteiger partial charge >= 0.3 is 0 Å². The van der Waals surface area contributed by atoms with Crippen LogP contribution in [0, 0.1) is 11.3 Å². The molecule has 21 heavy (non-hydrogen) atoms. The lowest BCUT2D eigenvalue weighted by atomic mass is 9.90. The average Bonchev–Trinajstić information content (AvgIpc) is 2.52. The summed E-state index contributed by atoms with van der Waals surface area (Å²) >= 11 is 0. The largest absolute Gasteiger partial charge is 0.394 e. The van der Waals surface area contributed by atoms with Crippen molar-refractivity contribution in [1.82, 2.24) is 0 Å². The molecule has 7 heteroatoms. The van der Waals surface area contributed by atoms with Gasteiger partial charge in [0.2, 0.25) is 0 Å². The van der Waals surface area contributed by atoms with Gasteiger partial charge in [-0.1, -0.05) is 12.1 Å². The average molecular weight is 295 g/mol. The molecule has 0 aromatic heterocycles. The van der Waals surface area contributed by atoms with Gasteiger partial charge in [0, 0.05) is 0 Å². The lowest BCUT2D eigenvalue weighted by Gasteiger charge is -2.41. The highest BCUT2D eigenvalue weighted by molar-refractivity contribution is 5.33. The first-order valence-electron chi connectivity index (χ1n) is 6.48. The highest BCUT2D eigenvalue weighted by Gasteiger charge is 2.46. The van der Waals surface area contributed by atoms with Crippen molar-refractivity contribution < 1.29 is 30.3 Å². The van der Waals surface area contributed by atoms with Crippen molar-refractivity contribution >= 4 is 0 Å². The summed E-state index contributed by atoms with van der Waals surface area (Å²) < 4.78 is 5.28. The summed E-state index contributed by atoms with van der Waals surface area (Å²) in [5, 5.41) is 57.4. The molecule has 0 amide bonds. The van der Waals surface area contributed by atoms with Gasteiger partial charge in [-0.3, -0.25) is 0 Å². The van der Waals surface area contributed by atoms with Crippen LogP contribution in [0.3, 0.4) is 0 Å². The number of rotatable bonds is 3. The molecule has 1 aliphatic heterocycles. The number of aliphatic hydroxyl groups excluding tert-OH is 5. The molecular formula is C14H17NO6. The number of aliphatic hydroxyl groups is 5. The maximum Gasteiger partial charge on any atom is 0.117 e. The second-order valence-corrected chi connectivity index (χ2v) is 4.97. The van der Waals surface area contributed by atoms with Gasteiger partial charge < -0.3 is 30.3 Å². The molecule has 5 N–H and O–H groups in total. The van der Waals surface area contributed by atoms with Crippen LogP contribution in [0.25, 0.3) is 0 Å². The Labute approximate surface area is 121 Å². The Kier molecular flexibility index (Phi) is 4.90. The fourth-order valence-electron chi connectivity index (χ4n) is 2.34. The van der Waals surface area contributed by atoms with E-state index in [1.54, 1.807) is 0 Å². The van der Waals surface area contributed by atoms with Crippen LogP contribution in [0.4, 0.5) is 0 Å². The summed E-state index contributed by atoms with van der Waals surface area (Å²) in [5.41, 5.74) is 0.804. The lowest BCUT2D eigenvalue weighted by Crippen LogP contribution is -2.59. The first-order valence-corrected chi connectivity index (χ1v) is 6.48. The molecule has 2 rings (SSSR count). The van der Waals surface area contributed by atoms with Gasteiger partial charge in [-0.05, 0) is 17.7 Å². The Morgan fingerprint density at radius 2 is 1.71 bits per heavy atom. The van der Waals surface area contributed by atoms with Crippen molar-refractivity contribution in [3.63, 3.8) is 0 Å². The molecule has 1 aliphatic rings. The SMILES string of the molecule is N#Cc1ccc([C@H](O)[C@H]2O[C@H](CO)[C@@H](O)[C@H](O)[C@H]2O)cc1. The van der Waals surface area contributed by atoms with Gasteiger partial charge in [0.1, 0.15) is 36.6 Å². The van der Waals surface area contributed by atoms with Crippen molar-refractivity contribution in [2.45, 2.75) is 36.6 Å². The van der Waals surface area contributed by atoms with E-state index >= 15 is 0 Å². The minimum Gasteiger partial charge on any atom is -0.394 e. The zero-order valence-electron chi connectivity index (χ0n) is 11.1. The van der Waals surface area contributed by atoms with Crippen LogP contribution in [0.15, 0.2) is 24.3 Å². The van der Waals surface area contributed by atoms with Crippen LogP contribution in [-0.2, 0) is 4.74 Å². The van der Waals surface area contributed by atoms with Crippen molar-refractivity contribution in [3.8, 4) is 6.07 Å². The van der Waals surface area contributed by atoms with E-state index in [-0.39, 0.29) is 0 Å². The Hall–Kier alpha value is -1.53. The first kappa shape index (κ1) is 15.9. The fraction of sp³-hybridized carbons (Fsp3) is 0.500. The third-order valence-electron chi connectivity index (χ3n) is 3.62. The number of hydrogen-bond donors (Lipinski definition) is 5. The molecule has 6 atom stereocenters. The van der Waals surface area contributed by atoms with Crippen LogP contribution >= 0.6 is 0 Å². The smallest absolute Gasteiger partial charge is 0.117 e. The first-order chi connectivity index (χ1) is 9.99. The van der Waals surface area contributed by atoms with Gasteiger partial charge in [-0.2, -0.15) is 5.26 Å². The molecule has 0 saturated carbocycles. The number of benzene rings is 1. The van der Waals surface area contributed by atoms with E-state index in [0.717, 1.165) is 0 Å². The molecule has 0 radical (unpaired) electrons. The summed E-state index contributed by atoms with van der Waals surface area (Å²) in [6.07, 6.45) is -8.05. The minimum atomic E-state index is -1.53. The molecule has 7 nitrogen and oxygen atoms in total. The lowest BCUT2D eigenvalue weighted by molar-refractivity contribution is -0.250. The quantitative estimate of drug-likeness (QED) is 0.455. The summed E-state index contributed by atoms with van der Waals surface area (Å²) in [6.45, 7) is -0.554. The monoisotopic (exact) mass is 295 g/mol. The van der Waals surface area contributed by atoms with E-state index in [9.17, 15) is 20.4 Å². The molecule has 114 valence electrons. The van der Waals surface area contributed by atoms with Crippen molar-refractivity contribution in [3.05, 3.63) is 35.4 Å². The standard InChI is InChI=1S/C14H17NO6/c15-5-7-1-3-8(4-2-7)10(17)14-13(20)12(19)11(18)9(6-16)21-14/h1-4,9-14,16-20H,6H2/t9-,10+,11-,12+,13-,14-/m1/s1. The molecule has 1 heterocycles. The zero-order chi connectivity index (χ0) is 15.6. The molecule has 1 aromatic rings. The number of ether oxygens (including phenoxy) is 1. The maximum atomic E-state index is 10.3. The van der Waals surface area contributed by atoms with Crippen LogP contribution in [-0.4, -0.2) is 62.7 Å². The zero-order valence-corrected chi connectivity index (χ0v) is 11.1. The fourth-order valence-corrected chi connectivity index (χ4v) is 2.34. The van der Waals surface area contributed by atoms with Gasteiger partial charge in [0.25, 0.3) is 0 Å². The van der Waals surface area contributed by atoms with Crippen LogP contribution in [0.2, 0.25) is 0 Å².